The van der Waals surface area contributed by atoms with Crippen LogP contribution in [0.1, 0.15) is 18.4 Å². The van der Waals surface area contributed by atoms with Crippen molar-refractivity contribution in [1.29, 1.82) is 5.26 Å². The molecule has 0 aliphatic carbocycles. The molecule has 0 amide bonds. The number of benzene rings is 1. The number of piperidine rings is 1. The van der Waals surface area contributed by atoms with E-state index in [1.54, 1.807) is 12.4 Å². The number of nitrogens with zero attached hydrogens (tertiary/aromatic N) is 5. The zero-order chi connectivity index (χ0) is 16.2. The minimum Gasteiger partial charge on any atom is -0.369 e. The van der Waals surface area contributed by atoms with Gasteiger partial charge in [0.15, 0.2) is 0 Å². The molecule has 0 spiro atoms. The highest BCUT2D eigenvalue weighted by molar-refractivity contribution is 9.10. The molecule has 0 N–H and O–H groups in total. The lowest BCUT2D eigenvalue weighted by Crippen LogP contribution is -2.47. The zero-order valence-corrected chi connectivity index (χ0v) is 14.6. The molecular formula is C17H18BrN5. The smallest absolute Gasteiger partial charge is 0.225 e. The third-order valence-corrected chi connectivity index (χ3v) is 4.91. The van der Waals surface area contributed by atoms with Crippen LogP contribution in [-0.2, 0) is 0 Å². The van der Waals surface area contributed by atoms with E-state index in [0.717, 1.165) is 42.0 Å². The Morgan fingerprint density at radius 1 is 1.35 bits per heavy atom. The molecule has 2 aromatic rings. The van der Waals surface area contributed by atoms with Gasteiger partial charge in [0.2, 0.25) is 5.95 Å². The summed E-state index contributed by atoms with van der Waals surface area (Å²) in [5.74, 6) is 0.764. The largest absolute Gasteiger partial charge is 0.369 e. The molecular weight excluding hydrogens is 354 g/mol. The van der Waals surface area contributed by atoms with Gasteiger partial charge in [-0.2, -0.15) is 5.26 Å². The van der Waals surface area contributed by atoms with Gasteiger partial charge in [-0.15, -0.1) is 0 Å². The van der Waals surface area contributed by atoms with Crippen LogP contribution in [0.25, 0.3) is 0 Å². The summed E-state index contributed by atoms with van der Waals surface area (Å²) in [6.07, 6.45) is 5.80. The Balaban J connectivity index is 1.76. The summed E-state index contributed by atoms with van der Waals surface area (Å²) >= 11 is 3.48. The maximum absolute atomic E-state index is 9.05. The normalized spacial score (nSPS) is 17.6. The van der Waals surface area contributed by atoms with Crippen molar-refractivity contribution in [3.8, 4) is 6.07 Å². The first-order valence-electron chi connectivity index (χ1n) is 7.63. The Labute approximate surface area is 144 Å². The lowest BCUT2D eigenvalue weighted by molar-refractivity contribution is 0.483. The highest BCUT2D eigenvalue weighted by Gasteiger charge is 2.25. The highest BCUT2D eigenvalue weighted by Crippen LogP contribution is 2.27. The summed E-state index contributed by atoms with van der Waals surface area (Å²) in [6, 6.07) is 10.3. The predicted octanol–water partition coefficient (Wildman–Crippen LogP) is 3.22. The molecule has 1 fully saturated rings. The second-order valence-corrected chi connectivity index (χ2v) is 6.53. The van der Waals surface area contributed by atoms with Gasteiger partial charge >= 0.3 is 0 Å². The zero-order valence-electron chi connectivity index (χ0n) is 13.0. The van der Waals surface area contributed by atoms with Gasteiger partial charge in [0, 0.05) is 48.7 Å². The van der Waals surface area contributed by atoms with Gasteiger partial charge in [-0.25, -0.2) is 9.97 Å². The monoisotopic (exact) mass is 371 g/mol. The van der Waals surface area contributed by atoms with Crippen LogP contribution in [0, 0.1) is 11.3 Å². The van der Waals surface area contributed by atoms with E-state index in [9.17, 15) is 0 Å². The summed E-state index contributed by atoms with van der Waals surface area (Å²) in [7, 11) is 2.05. The topological polar surface area (TPSA) is 56.1 Å². The number of hydrogen-bond acceptors (Lipinski definition) is 5. The van der Waals surface area contributed by atoms with Gasteiger partial charge in [-0.3, -0.25) is 0 Å². The van der Waals surface area contributed by atoms with Crippen LogP contribution >= 0.6 is 15.9 Å². The molecule has 1 aliphatic heterocycles. The van der Waals surface area contributed by atoms with Crippen molar-refractivity contribution in [3.05, 3.63) is 46.7 Å². The highest BCUT2D eigenvalue weighted by atomic mass is 79.9. The number of aromatic nitrogens is 2. The van der Waals surface area contributed by atoms with Crippen LogP contribution in [0.4, 0.5) is 11.6 Å². The van der Waals surface area contributed by atoms with Crippen molar-refractivity contribution >= 4 is 27.6 Å². The molecule has 0 bridgehead atoms. The van der Waals surface area contributed by atoms with E-state index in [1.165, 1.54) is 0 Å². The molecule has 0 saturated carbocycles. The van der Waals surface area contributed by atoms with Gasteiger partial charge < -0.3 is 9.80 Å². The number of likely N-dealkylation sites (N-methyl/N-ethyl adjacent to an activating group) is 1. The Morgan fingerprint density at radius 2 is 2.13 bits per heavy atom. The van der Waals surface area contributed by atoms with Crippen molar-refractivity contribution in [1.82, 2.24) is 9.97 Å². The minimum atomic E-state index is 0.376. The fourth-order valence-electron chi connectivity index (χ4n) is 2.93. The molecule has 6 heteroatoms. The predicted molar refractivity (Wildman–Crippen MR) is 94.5 cm³/mol. The summed E-state index contributed by atoms with van der Waals surface area (Å²) < 4.78 is 0.847. The van der Waals surface area contributed by atoms with E-state index in [2.05, 4.69) is 48.8 Å². The van der Waals surface area contributed by atoms with E-state index >= 15 is 0 Å². The average Bonchev–Trinajstić information content (AvgIpc) is 2.62. The Bertz CT molecular complexity index is 713. The lowest BCUT2D eigenvalue weighted by atomic mass is 10.0. The van der Waals surface area contributed by atoms with Crippen LogP contribution < -0.4 is 9.80 Å². The SMILES string of the molecule is CN(c1ncccn1)C1CCCN(c2ccc(C#N)c(Br)c2)C1. The number of rotatable bonds is 3. The molecule has 118 valence electrons. The maximum Gasteiger partial charge on any atom is 0.225 e. The van der Waals surface area contributed by atoms with E-state index in [4.69, 9.17) is 5.26 Å². The first-order chi connectivity index (χ1) is 11.2. The fourth-order valence-corrected chi connectivity index (χ4v) is 3.39. The average molecular weight is 372 g/mol. The van der Waals surface area contributed by atoms with E-state index in [1.807, 2.05) is 24.3 Å². The van der Waals surface area contributed by atoms with Gasteiger partial charge in [-0.1, -0.05) is 0 Å². The summed E-state index contributed by atoms with van der Waals surface area (Å²) in [6.45, 7) is 1.95. The summed E-state index contributed by atoms with van der Waals surface area (Å²) in [5, 5.41) is 9.05. The maximum atomic E-state index is 9.05. The van der Waals surface area contributed by atoms with Crippen LogP contribution in [0.3, 0.4) is 0 Å². The van der Waals surface area contributed by atoms with Crippen molar-refractivity contribution in [3.63, 3.8) is 0 Å². The van der Waals surface area contributed by atoms with Crippen molar-refractivity contribution in [2.75, 3.05) is 29.9 Å². The van der Waals surface area contributed by atoms with Gasteiger partial charge in [0.05, 0.1) is 5.56 Å². The molecule has 1 aromatic heterocycles. The third-order valence-electron chi connectivity index (χ3n) is 4.25. The van der Waals surface area contributed by atoms with Crippen LogP contribution in [0.15, 0.2) is 41.1 Å². The number of hydrogen-bond donors (Lipinski definition) is 0. The first-order valence-corrected chi connectivity index (χ1v) is 8.43. The Morgan fingerprint density at radius 3 is 2.83 bits per heavy atom. The molecule has 2 heterocycles. The molecule has 1 atom stereocenters. The standard InChI is InChI=1S/C17H18BrN5/c1-22(17-20-7-3-8-21-17)15-4-2-9-23(12-15)14-6-5-13(11-19)16(18)10-14/h3,5-8,10,15H,2,4,9,12H2,1H3. The second kappa shape index (κ2) is 6.97. The number of anilines is 2. The summed E-state index contributed by atoms with van der Waals surface area (Å²) in [5.41, 5.74) is 1.81. The third kappa shape index (κ3) is 3.45. The van der Waals surface area contributed by atoms with E-state index in [0.29, 0.717) is 11.6 Å². The molecule has 0 radical (unpaired) electrons. The van der Waals surface area contributed by atoms with Crippen LogP contribution in [0.5, 0.6) is 0 Å². The van der Waals surface area contributed by atoms with Crippen molar-refractivity contribution < 1.29 is 0 Å². The first kappa shape index (κ1) is 15.8. The van der Waals surface area contributed by atoms with E-state index in [-0.39, 0.29) is 0 Å². The second-order valence-electron chi connectivity index (χ2n) is 5.68. The molecule has 1 aromatic carbocycles. The molecule has 1 saturated heterocycles. The molecule has 3 rings (SSSR count). The van der Waals surface area contributed by atoms with Gasteiger partial charge in [0.1, 0.15) is 6.07 Å². The molecule has 23 heavy (non-hydrogen) atoms. The quantitative estimate of drug-likeness (QED) is 0.828. The Hall–Kier alpha value is -2.13. The lowest BCUT2D eigenvalue weighted by Gasteiger charge is -2.38. The fraction of sp³-hybridized carbons (Fsp3) is 0.353. The van der Waals surface area contributed by atoms with Crippen molar-refractivity contribution in [2.24, 2.45) is 0 Å². The summed E-state index contributed by atoms with van der Waals surface area (Å²) in [4.78, 5) is 13.2. The molecule has 5 nitrogen and oxygen atoms in total. The van der Waals surface area contributed by atoms with E-state index < -0.39 is 0 Å². The van der Waals surface area contributed by atoms with Crippen LogP contribution in [-0.4, -0.2) is 36.1 Å². The number of halogens is 1. The van der Waals surface area contributed by atoms with Crippen LogP contribution in [0.2, 0.25) is 0 Å². The van der Waals surface area contributed by atoms with Gasteiger partial charge in [0.25, 0.3) is 0 Å². The van der Waals surface area contributed by atoms with Gasteiger partial charge in [-0.05, 0) is 53.0 Å². The van der Waals surface area contributed by atoms with Crippen molar-refractivity contribution in [2.45, 2.75) is 18.9 Å². The number of nitriles is 1. The molecule has 1 aliphatic rings. The Kier molecular flexibility index (Phi) is 4.77. The molecule has 1 unspecified atom stereocenters. The minimum absolute atomic E-state index is 0.376.